The second-order valence-electron chi connectivity index (χ2n) is 6.37. The molecule has 0 saturated carbocycles. The van der Waals surface area contributed by atoms with Gasteiger partial charge in [0.05, 0.1) is 5.52 Å². The quantitative estimate of drug-likeness (QED) is 0.775. The van der Waals surface area contributed by atoms with Crippen LogP contribution in [0.5, 0.6) is 0 Å². The summed E-state index contributed by atoms with van der Waals surface area (Å²) in [6.07, 6.45) is 2.25. The Morgan fingerprint density at radius 1 is 1.16 bits per heavy atom. The van der Waals surface area contributed by atoms with Crippen LogP contribution in [0, 0.1) is 0 Å². The van der Waals surface area contributed by atoms with Gasteiger partial charge in [-0.25, -0.2) is 0 Å². The molecule has 1 amide bonds. The summed E-state index contributed by atoms with van der Waals surface area (Å²) in [5.41, 5.74) is 9.52. The molecule has 4 nitrogen and oxygen atoms in total. The number of ketones is 1. The summed E-state index contributed by atoms with van der Waals surface area (Å²) in [7, 11) is 0. The van der Waals surface area contributed by atoms with E-state index >= 15 is 0 Å². The van der Waals surface area contributed by atoms with Gasteiger partial charge in [-0.05, 0) is 36.6 Å². The highest BCUT2D eigenvalue weighted by Crippen LogP contribution is 2.34. The second kappa shape index (κ2) is 6.05. The number of benzene rings is 2. The van der Waals surface area contributed by atoms with Gasteiger partial charge in [0.15, 0.2) is 5.78 Å². The monoisotopic (exact) mass is 352 g/mol. The first kappa shape index (κ1) is 15.9. The van der Waals surface area contributed by atoms with E-state index in [2.05, 4.69) is 4.57 Å². The van der Waals surface area contributed by atoms with Gasteiger partial charge in [0.2, 0.25) is 5.91 Å². The summed E-state index contributed by atoms with van der Waals surface area (Å²) < 4.78 is 2.11. The zero-order valence-electron chi connectivity index (χ0n) is 13.6. The largest absolute Gasteiger partial charge is 0.366 e. The molecule has 1 aliphatic carbocycles. The van der Waals surface area contributed by atoms with E-state index in [1.807, 2.05) is 30.3 Å². The Bertz CT molecular complexity index is 1020. The Balaban J connectivity index is 1.97. The third-order valence-electron chi connectivity index (χ3n) is 4.84. The first-order valence-electron chi connectivity index (χ1n) is 8.28. The molecule has 0 unspecified atom stereocenters. The van der Waals surface area contributed by atoms with Crippen molar-refractivity contribution in [3.05, 3.63) is 69.9 Å². The molecule has 0 atom stereocenters. The molecular weight excluding hydrogens is 336 g/mol. The number of nitrogens with zero attached hydrogens (tertiary/aromatic N) is 1. The number of carbonyl (C=O) groups excluding carboxylic acids is 2. The minimum absolute atomic E-state index is 0.163. The van der Waals surface area contributed by atoms with Crippen molar-refractivity contribution in [2.24, 2.45) is 5.73 Å². The third kappa shape index (κ3) is 2.63. The normalized spacial score (nSPS) is 13.9. The van der Waals surface area contributed by atoms with Gasteiger partial charge in [0, 0.05) is 40.2 Å². The Labute approximate surface area is 150 Å². The molecule has 0 saturated heterocycles. The fourth-order valence-corrected chi connectivity index (χ4v) is 3.84. The minimum atomic E-state index is -0.475. The van der Waals surface area contributed by atoms with Crippen LogP contribution in [0.3, 0.4) is 0 Å². The summed E-state index contributed by atoms with van der Waals surface area (Å²) in [5.74, 6) is -0.312. The molecule has 4 rings (SSSR count). The standard InChI is InChI=1S/C20H17ClN2O2/c21-15-5-2-1-4-13(15)11-23-16-6-3-7-18(24)19(16)14-9-8-12(20(22)25)10-17(14)23/h1-2,4-5,8-10H,3,6-7,11H2,(H2,22,25). The van der Waals surface area contributed by atoms with Gasteiger partial charge in [0.25, 0.3) is 0 Å². The first-order valence-corrected chi connectivity index (χ1v) is 8.65. The van der Waals surface area contributed by atoms with Gasteiger partial charge < -0.3 is 10.3 Å². The molecular formula is C20H17ClN2O2. The van der Waals surface area contributed by atoms with Gasteiger partial charge in [-0.3, -0.25) is 9.59 Å². The predicted molar refractivity (Wildman–Crippen MR) is 98.3 cm³/mol. The summed E-state index contributed by atoms with van der Waals surface area (Å²) in [4.78, 5) is 24.1. The maximum Gasteiger partial charge on any atom is 0.248 e. The van der Waals surface area contributed by atoms with Crippen molar-refractivity contribution < 1.29 is 9.59 Å². The van der Waals surface area contributed by atoms with Gasteiger partial charge in [0.1, 0.15) is 0 Å². The molecule has 3 aromatic rings. The number of aromatic nitrogens is 1. The number of halogens is 1. The molecule has 0 fully saturated rings. The topological polar surface area (TPSA) is 65.1 Å². The third-order valence-corrected chi connectivity index (χ3v) is 5.21. The van der Waals surface area contributed by atoms with E-state index in [4.69, 9.17) is 17.3 Å². The van der Waals surface area contributed by atoms with Crippen molar-refractivity contribution >= 4 is 34.2 Å². The molecule has 25 heavy (non-hydrogen) atoms. The number of rotatable bonds is 3. The minimum Gasteiger partial charge on any atom is -0.366 e. The predicted octanol–water partition coefficient (Wildman–Crippen LogP) is 3.96. The lowest BCUT2D eigenvalue weighted by Gasteiger charge is -2.16. The maximum atomic E-state index is 12.5. The van der Waals surface area contributed by atoms with E-state index in [0.29, 0.717) is 23.6 Å². The van der Waals surface area contributed by atoms with Crippen molar-refractivity contribution in [1.29, 1.82) is 0 Å². The van der Waals surface area contributed by atoms with Gasteiger partial charge in [-0.15, -0.1) is 0 Å². The van der Waals surface area contributed by atoms with Gasteiger partial charge in [-0.2, -0.15) is 0 Å². The molecule has 0 radical (unpaired) electrons. The maximum absolute atomic E-state index is 12.5. The highest BCUT2D eigenvalue weighted by atomic mass is 35.5. The molecule has 0 bridgehead atoms. The Hall–Kier alpha value is -2.59. The van der Waals surface area contributed by atoms with Crippen LogP contribution in [-0.4, -0.2) is 16.3 Å². The van der Waals surface area contributed by atoms with Gasteiger partial charge in [-0.1, -0.05) is 35.9 Å². The number of hydrogen-bond acceptors (Lipinski definition) is 2. The van der Waals surface area contributed by atoms with Crippen molar-refractivity contribution in [1.82, 2.24) is 4.57 Å². The van der Waals surface area contributed by atoms with E-state index in [1.54, 1.807) is 12.1 Å². The molecule has 1 aromatic heterocycles. The molecule has 2 aromatic carbocycles. The average molecular weight is 353 g/mol. The summed E-state index contributed by atoms with van der Waals surface area (Å²) >= 11 is 6.33. The lowest BCUT2D eigenvalue weighted by molar-refractivity contribution is 0.0971. The summed E-state index contributed by atoms with van der Waals surface area (Å²) in [6.45, 7) is 0.557. The molecule has 0 spiro atoms. The van der Waals surface area contributed by atoms with Crippen LogP contribution >= 0.6 is 11.6 Å². The smallest absolute Gasteiger partial charge is 0.248 e. The van der Waals surface area contributed by atoms with E-state index in [0.717, 1.165) is 40.6 Å². The van der Waals surface area contributed by atoms with Crippen molar-refractivity contribution in [2.45, 2.75) is 25.8 Å². The van der Waals surface area contributed by atoms with Crippen molar-refractivity contribution in [3.63, 3.8) is 0 Å². The number of amides is 1. The molecule has 0 aliphatic heterocycles. The number of carbonyl (C=O) groups is 2. The Morgan fingerprint density at radius 2 is 1.96 bits per heavy atom. The number of nitrogens with two attached hydrogens (primary N) is 1. The SMILES string of the molecule is NC(=O)c1ccc2c3c(n(Cc4ccccc4Cl)c2c1)CCCC3=O. The molecule has 2 N–H and O–H groups in total. The zero-order valence-corrected chi connectivity index (χ0v) is 14.3. The van der Waals surface area contributed by atoms with E-state index in [9.17, 15) is 9.59 Å². The van der Waals surface area contributed by atoms with E-state index in [1.165, 1.54) is 0 Å². The van der Waals surface area contributed by atoms with Crippen LogP contribution < -0.4 is 5.73 Å². The Kier molecular flexibility index (Phi) is 3.85. The van der Waals surface area contributed by atoms with Crippen LogP contribution in [0.1, 0.15) is 44.8 Å². The van der Waals surface area contributed by atoms with Crippen LogP contribution in [0.25, 0.3) is 10.9 Å². The number of Topliss-reactive ketones (excluding diaryl/α,β-unsaturated/α-hetero) is 1. The fraction of sp³-hybridized carbons (Fsp3) is 0.200. The first-order chi connectivity index (χ1) is 12.1. The Morgan fingerprint density at radius 3 is 2.72 bits per heavy atom. The van der Waals surface area contributed by atoms with Crippen LogP contribution in [0.15, 0.2) is 42.5 Å². The summed E-state index contributed by atoms with van der Waals surface area (Å²) in [6, 6.07) is 13.0. The molecule has 5 heteroatoms. The van der Waals surface area contributed by atoms with Gasteiger partial charge >= 0.3 is 0 Å². The summed E-state index contributed by atoms with van der Waals surface area (Å²) in [5, 5.41) is 1.57. The highest BCUT2D eigenvalue weighted by Gasteiger charge is 2.26. The average Bonchev–Trinajstić information content (AvgIpc) is 2.91. The van der Waals surface area contributed by atoms with Crippen molar-refractivity contribution in [2.75, 3.05) is 0 Å². The van der Waals surface area contributed by atoms with E-state index < -0.39 is 5.91 Å². The van der Waals surface area contributed by atoms with E-state index in [-0.39, 0.29) is 5.78 Å². The van der Waals surface area contributed by atoms with Crippen molar-refractivity contribution in [3.8, 4) is 0 Å². The molecule has 1 heterocycles. The second-order valence-corrected chi connectivity index (χ2v) is 6.78. The van der Waals surface area contributed by atoms with Crippen LogP contribution in [0.4, 0.5) is 0 Å². The van der Waals surface area contributed by atoms with Crippen LogP contribution in [0.2, 0.25) is 5.02 Å². The molecule has 126 valence electrons. The lowest BCUT2D eigenvalue weighted by atomic mass is 9.94. The fourth-order valence-electron chi connectivity index (χ4n) is 3.65. The number of primary amides is 1. The number of hydrogen-bond donors (Lipinski definition) is 1. The molecule has 1 aliphatic rings. The zero-order chi connectivity index (χ0) is 17.6. The number of fused-ring (bicyclic) bond motifs is 3. The lowest BCUT2D eigenvalue weighted by Crippen LogP contribution is -2.14. The highest BCUT2D eigenvalue weighted by molar-refractivity contribution is 6.31. The van der Waals surface area contributed by atoms with Crippen LogP contribution in [-0.2, 0) is 13.0 Å².